The van der Waals surface area contributed by atoms with E-state index in [4.69, 9.17) is 10.2 Å². The van der Waals surface area contributed by atoms with Gasteiger partial charge in [-0.2, -0.15) is 0 Å². The van der Waals surface area contributed by atoms with E-state index in [1.165, 1.54) is 0 Å². The van der Waals surface area contributed by atoms with Gasteiger partial charge >= 0.3 is 11.9 Å². The van der Waals surface area contributed by atoms with Crippen LogP contribution >= 0.6 is 15.9 Å². The molecule has 0 amide bonds. The zero-order valence-corrected chi connectivity index (χ0v) is 11.4. The number of carboxylic acids is 2. The summed E-state index contributed by atoms with van der Waals surface area (Å²) < 4.78 is 0.966. The molecule has 0 spiro atoms. The van der Waals surface area contributed by atoms with Crippen LogP contribution in [0.5, 0.6) is 0 Å². The van der Waals surface area contributed by atoms with E-state index in [1.54, 1.807) is 6.07 Å². The van der Waals surface area contributed by atoms with Crippen LogP contribution in [0.15, 0.2) is 22.7 Å². The van der Waals surface area contributed by atoms with Gasteiger partial charge in [-0.3, -0.25) is 9.59 Å². The summed E-state index contributed by atoms with van der Waals surface area (Å²) >= 11 is 3.37. The van der Waals surface area contributed by atoms with E-state index >= 15 is 0 Å². The molecule has 0 aliphatic rings. The van der Waals surface area contributed by atoms with Gasteiger partial charge in [0.25, 0.3) is 0 Å². The van der Waals surface area contributed by atoms with Gasteiger partial charge in [-0.1, -0.05) is 15.9 Å². The largest absolute Gasteiger partial charge is 0.481 e. The van der Waals surface area contributed by atoms with Crippen molar-refractivity contribution in [3.63, 3.8) is 0 Å². The first kappa shape index (κ1) is 14.5. The Morgan fingerprint density at radius 2 is 2.06 bits per heavy atom. The summed E-state index contributed by atoms with van der Waals surface area (Å²) in [5, 5.41) is 20.4. The van der Waals surface area contributed by atoms with Gasteiger partial charge in [0.05, 0.1) is 12.3 Å². The number of rotatable bonds is 6. The Bertz CT molecular complexity index is 461. The highest BCUT2D eigenvalue weighted by Gasteiger charge is 2.20. The monoisotopic (exact) mass is 315 g/mol. The van der Waals surface area contributed by atoms with Gasteiger partial charge in [0.2, 0.25) is 0 Å². The van der Waals surface area contributed by atoms with Crippen LogP contribution in [-0.2, 0) is 9.59 Å². The van der Waals surface area contributed by atoms with Gasteiger partial charge < -0.3 is 15.5 Å². The number of hydrogen-bond donors (Lipinski definition) is 3. The fourth-order valence-corrected chi connectivity index (χ4v) is 1.70. The smallest absolute Gasteiger partial charge is 0.308 e. The molecule has 0 fully saturated rings. The van der Waals surface area contributed by atoms with Crippen LogP contribution in [0.1, 0.15) is 12.0 Å². The lowest BCUT2D eigenvalue weighted by atomic mass is 10.1. The van der Waals surface area contributed by atoms with Crippen molar-refractivity contribution in [2.24, 2.45) is 5.92 Å². The maximum atomic E-state index is 10.9. The van der Waals surface area contributed by atoms with Crippen LogP contribution in [-0.4, -0.2) is 28.7 Å². The molecule has 1 unspecified atom stereocenters. The predicted molar refractivity (Wildman–Crippen MR) is 70.7 cm³/mol. The van der Waals surface area contributed by atoms with E-state index < -0.39 is 24.3 Å². The highest BCUT2D eigenvalue weighted by Crippen LogP contribution is 2.20. The van der Waals surface area contributed by atoms with Crippen LogP contribution < -0.4 is 5.32 Å². The number of benzene rings is 1. The quantitative estimate of drug-likeness (QED) is 0.750. The Labute approximate surface area is 113 Å². The van der Waals surface area contributed by atoms with E-state index in [1.807, 2.05) is 19.1 Å². The van der Waals surface area contributed by atoms with Crippen molar-refractivity contribution in [3.05, 3.63) is 28.2 Å². The lowest BCUT2D eigenvalue weighted by molar-refractivity contribution is -0.147. The van der Waals surface area contributed by atoms with Crippen molar-refractivity contribution >= 4 is 33.6 Å². The summed E-state index contributed by atoms with van der Waals surface area (Å²) in [4.78, 5) is 21.4. The number of carboxylic acid groups (broad SMARTS) is 2. The molecular weight excluding hydrogens is 302 g/mol. The summed E-state index contributed by atoms with van der Waals surface area (Å²) in [7, 11) is 0. The molecule has 18 heavy (non-hydrogen) atoms. The van der Waals surface area contributed by atoms with Gasteiger partial charge in [-0.15, -0.1) is 0 Å². The van der Waals surface area contributed by atoms with E-state index in [9.17, 15) is 9.59 Å². The number of carbonyl (C=O) groups is 2. The van der Waals surface area contributed by atoms with Crippen LogP contribution in [0.2, 0.25) is 0 Å². The first-order valence-electron chi connectivity index (χ1n) is 5.34. The molecule has 5 nitrogen and oxygen atoms in total. The first-order chi connectivity index (χ1) is 8.40. The summed E-state index contributed by atoms with van der Waals surface area (Å²) in [6.07, 6.45) is -0.391. The fraction of sp³-hybridized carbons (Fsp3) is 0.333. The Balaban J connectivity index is 2.64. The van der Waals surface area contributed by atoms with Crippen LogP contribution in [0.4, 0.5) is 5.69 Å². The van der Waals surface area contributed by atoms with E-state index in [0.29, 0.717) is 0 Å². The lowest BCUT2D eigenvalue weighted by Crippen LogP contribution is -2.25. The maximum Gasteiger partial charge on any atom is 0.308 e. The van der Waals surface area contributed by atoms with Crippen molar-refractivity contribution in [2.45, 2.75) is 13.3 Å². The molecule has 1 atom stereocenters. The number of aliphatic carboxylic acids is 2. The molecule has 0 aliphatic heterocycles. The second-order valence-electron chi connectivity index (χ2n) is 3.98. The van der Waals surface area contributed by atoms with Gasteiger partial charge in [0.15, 0.2) is 0 Å². The third-order valence-electron chi connectivity index (χ3n) is 2.48. The third-order valence-corrected chi connectivity index (χ3v) is 3.37. The minimum atomic E-state index is -1.11. The number of hydrogen-bond acceptors (Lipinski definition) is 3. The van der Waals surface area contributed by atoms with Crippen LogP contribution in [0.3, 0.4) is 0 Å². The summed E-state index contributed by atoms with van der Waals surface area (Å²) in [5.74, 6) is -3.17. The van der Waals surface area contributed by atoms with Crippen LogP contribution in [0, 0.1) is 12.8 Å². The van der Waals surface area contributed by atoms with E-state index in [2.05, 4.69) is 21.2 Å². The molecule has 3 N–H and O–H groups in total. The van der Waals surface area contributed by atoms with Gasteiger partial charge in [0, 0.05) is 16.7 Å². The molecule has 1 aromatic carbocycles. The molecule has 0 heterocycles. The number of halogens is 1. The highest BCUT2D eigenvalue weighted by atomic mass is 79.9. The van der Waals surface area contributed by atoms with Gasteiger partial charge in [-0.05, 0) is 30.7 Å². The molecule has 0 saturated heterocycles. The Morgan fingerprint density at radius 3 is 2.56 bits per heavy atom. The van der Waals surface area contributed by atoms with Gasteiger partial charge in [0.1, 0.15) is 0 Å². The van der Waals surface area contributed by atoms with Crippen molar-refractivity contribution in [1.82, 2.24) is 0 Å². The average Bonchev–Trinajstić information content (AvgIpc) is 2.28. The van der Waals surface area contributed by atoms with Crippen molar-refractivity contribution in [1.29, 1.82) is 0 Å². The molecule has 98 valence electrons. The highest BCUT2D eigenvalue weighted by molar-refractivity contribution is 9.10. The molecule has 1 rings (SSSR count). The minimum Gasteiger partial charge on any atom is -0.481 e. The van der Waals surface area contributed by atoms with Crippen molar-refractivity contribution in [2.75, 3.05) is 11.9 Å². The molecular formula is C12H14BrNO4. The Morgan fingerprint density at radius 1 is 1.39 bits per heavy atom. The first-order valence-corrected chi connectivity index (χ1v) is 6.14. The van der Waals surface area contributed by atoms with Gasteiger partial charge in [-0.25, -0.2) is 0 Å². The topological polar surface area (TPSA) is 86.6 Å². The predicted octanol–water partition coefficient (Wildman–Crippen LogP) is 2.34. The zero-order chi connectivity index (χ0) is 13.7. The number of nitrogens with one attached hydrogen (secondary N) is 1. The maximum absolute atomic E-state index is 10.9. The zero-order valence-electron chi connectivity index (χ0n) is 9.81. The SMILES string of the molecule is Cc1cc(NCC(CC(=O)O)C(=O)O)ccc1Br. The Hall–Kier alpha value is -1.56. The molecule has 6 heteroatoms. The Kier molecular flexibility index (Phi) is 5.15. The molecule has 0 bridgehead atoms. The van der Waals surface area contributed by atoms with Crippen LogP contribution in [0.25, 0.3) is 0 Å². The second kappa shape index (κ2) is 6.39. The fourth-order valence-electron chi connectivity index (χ4n) is 1.45. The normalized spacial score (nSPS) is 11.9. The van der Waals surface area contributed by atoms with Crippen molar-refractivity contribution < 1.29 is 19.8 Å². The van der Waals surface area contributed by atoms with E-state index in [-0.39, 0.29) is 6.54 Å². The van der Waals surface area contributed by atoms with Crippen molar-refractivity contribution in [3.8, 4) is 0 Å². The standard InChI is InChI=1S/C12H14BrNO4/c1-7-4-9(2-3-10(7)13)14-6-8(12(17)18)5-11(15)16/h2-4,8,14H,5-6H2,1H3,(H,15,16)(H,17,18). The van der Waals surface area contributed by atoms with E-state index in [0.717, 1.165) is 15.7 Å². The third kappa shape index (κ3) is 4.37. The summed E-state index contributed by atoms with van der Waals surface area (Å²) in [5.41, 5.74) is 1.79. The number of aryl methyl sites for hydroxylation is 1. The molecule has 0 radical (unpaired) electrons. The minimum absolute atomic E-state index is 0.0860. The summed E-state index contributed by atoms with van der Waals surface area (Å²) in [6, 6.07) is 5.52. The summed E-state index contributed by atoms with van der Waals surface area (Å²) in [6.45, 7) is 2.00. The second-order valence-corrected chi connectivity index (χ2v) is 4.83. The number of anilines is 1. The molecule has 0 aliphatic carbocycles. The average molecular weight is 316 g/mol. The molecule has 0 aromatic heterocycles. The molecule has 0 saturated carbocycles. The molecule has 1 aromatic rings. The lowest BCUT2D eigenvalue weighted by Gasteiger charge is -2.13.